The molecule has 2 aromatic rings. The van der Waals surface area contributed by atoms with E-state index in [-0.39, 0.29) is 11.6 Å². The van der Waals surface area contributed by atoms with Gasteiger partial charge in [-0.25, -0.2) is 0 Å². The molecule has 0 aromatic heterocycles. The van der Waals surface area contributed by atoms with Crippen molar-refractivity contribution in [1.29, 1.82) is 0 Å². The normalized spacial score (nSPS) is 15.6. The topological polar surface area (TPSA) is 88.0 Å². The standard InChI is InChI=1S/C23H27F3N4O4/c1-16(22(31)27-10-9-17-3-6-19(34-2)7-4-17)28-11-13-29(14-12-28)20-8-5-18(23(24,25)26)15-21(20)30(32)33/h3-8,15-16H,9-14H2,1-2H3,(H,27,31). The summed E-state index contributed by atoms with van der Waals surface area (Å²) in [6, 6.07) is 9.77. The van der Waals surface area contributed by atoms with Gasteiger partial charge in [-0.15, -0.1) is 0 Å². The average Bonchev–Trinajstić information content (AvgIpc) is 2.83. The molecule has 1 aliphatic rings. The molecule has 1 fully saturated rings. The number of methoxy groups -OCH3 is 1. The number of nitro benzene ring substituents is 1. The van der Waals surface area contributed by atoms with Crippen LogP contribution in [-0.2, 0) is 17.4 Å². The van der Waals surface area contributed by atoms with Gasteiger partial charge in [0.25, 0.3) is 5.69 Å². The number of nitrogens with zero attached hydrogens (tertiary/aromatic N) is 3. The van der Waals surface area contributed by atoms with E-state index in [1.54, 1.807) is 18.9 Å². The first-order valence-electron chi connectivity index (χ1n) is 10.9. The van der Waals surface area contributed by atoms with E-state index in [0.717, 1.165) is 23.4 Å². The van der Waals surface area contributed by atoms with Crippen LogP contribution in [0, 0.1) is 10.1 Å². The lowest BCUT2D eigenvalue weighted by Crippen LogP contribution is -2.54. The Kier molecular flexibility index (Phi) is 7.98. The highest BCUT2D eigenvalue weighted by Crippen LogP contribution is 2.36. The van der Waals surface area contributed by atoms with Crippen molar-refractivity contribution < 1.29 is 27.6 Å². The summed E-state index contributed by atoms with van der Waals surface area (Å²) in [6.45, 7) is 3.88. The predicted molar refractivity (Wildman–Crippen MR) is 121 cm³/mol. The van der Waals surface area contributed by atoms with Gasteiger partial charge in [0, 0.05) is 38.8 Å². The molecular weight excluding hydrogens is 453 g/mol. The van der Waals surface area contributed by atoms with Gasteiger partial charge < -0.3 is 15.0 Å². The van der Waals surface area contributed by atoms with Gasteiger partial charge in [0.05, 0.1) is 23.6 Å². The second-order valence-electron chi connectivity index (χ2n) is 8.05. The van der Waals surface area contributed by atoms with Crippen LogP contribution >= 0.6 is 0 Å². The first kappa shape index (κ1) is 25.3. The van der Waals surface area contributed by atoms with Crippen molar-refractivity contribution in [3.05, 3.63) is 63.7 Å². The molecule has 1 aliphatic heterocycles. The lowest BCUT2D eigenvalue weighted by molar-refractivity contribution is -0.384. The number of hydrogen-bond acceptors (Lipinski definition) is 6. The Balaban J connectivity index is 1.53. The van der Waals surface area contributed by atoms with Crippen molar-refractivity contribution >= 4 is 17.3 Å². The van der Waals surface area contributed by atoms with Gasteiger partial charge in [0.2, 0.25) is 5.91 Å². The SMILES string of the molecule is COc1ccc(CCNC(=O)C(C)N2CCN(c3ccc(C(F)(F)F)cc3[N+](=O)[O-])CC2)cc1. The van der Waals surface area contributed by atoms with Gasteiger partial charge in [-0.1, -0.05) is 12.1 Å². The van der Waals surface area contributed by atoms with E-state index in [0.29, 0.717) is 45.2 Å². The minimum Gasteiger partial charge on any atom is -0.497 e. The molecule has 3 rings (SSSR count). The molecular formula is C23H27F3N4O4. The Labute approximate surface area is 195 Å². The highest BCUT2D eigenvalue weighted by molar-refractivity contribution is 5.81. The summed E-state index contributed by atoms with van der Waals surface area (Å²) in [5.41, 5.74) is -0.413. The van der Waals surface area contributed by atoms with Crippen LogP contribution in [0.25, 0.3) is 0 Å². The van der Waals surface area contributed by atoms with Gasteiger partial charge in [-0.05, 0) is 43.2 Å². The fraction of sp³-hybridized carbons (Fsp3) is 0.435. The van der Waals surface area contributed by atoms with Crippen LogP contribution in [0.3, 0.4) is 0 Å². The molecule has 34 heavy (non-hydrogen) atoms. The lowest BCUT2D eigenvalue weighted by Gasteiger charge is -2.38. The van der Waals surface area contributed by atoms with Crippen molar-refractivity contribution in [3.8, 4) is 5.75 Å². The van der Waals surface area contributed by atoms with Crippen LogP contribution in [0.2, 0.25) is 0 Å². The van der Waals surface area contributed by atoms with E-state index in [2.05, 4.69) is 5.32 Å². The number of rotatable bonds is 8. The summed E-state index contributed by atoms with van der Waals surface area (Å²) < 4.78 is 44.0. The molecule has 0 spiro atoms. The number of ether oxygens (including phenoxy) is 1. The summed E-state index contributed by atoms with van der Waals surface area (Å²) in [4.78, 5) is 26.8. The molecule has 2 aromatic carbocycles. The lowest BCUT2D eigenvalue weighted by atomic mass is 10.1. The van der Waals surface area contributed by atoms with Gasteiger partial charge in [0.15, 0.2) is 0 Å². The monoisotopic (exact) mass is 480 g/mol. The van der Waals surface area contributed by atoms with Crippen LogP contribution in [0.4, 0.5) is 24.5 Å². The third-order valence-electron chi connectivity index (χ3n) is 5.95. The summed E-state index contributed by atoms with van der Waals surface area (Å²) in [6.07, 6.45) is -3.98. The summed E-state index contributed by atoms with van der Waals surface area (Å²) in [5, 5.41) is 14.3. The Morgan fingerprint density at radius 3 is 2.35 bits per heavy atom. The fourth-order valence-corrected chi connectivity index (χ4v) is 3.90. The maximum atomic E-state index is 13.0. The van der Waals surface area contributed by atoms with E-state index in [1.807, 2.05) is 29.2 Å². The zero-order valence-corrected chi connectivity index (χ0v) is 19.0. The van der Waals surface area contributed by atoms with Crippen LogP contribution in [-0.4, -0.2) is 61.6 Å². The number of carbonyl (C=O) groups is 1. The first-order valence-corrected chi connectivity index (χ1v) is 10.9. The third-order valence-corrected chi connectivity index (χ3v) is 5.95. The maximum absolute atomic E-state index is 13.0. The summed E-state index contributed by atoms with van der Waals surface area (Å²) >= 11 is 0. The minimum absolute atomic E-state index is 0.123. The molecule has 1 unspecified atom stereocenters. The molecule has 1 atom stereocenters. The molecule has 0 radical (unpaired) electrons. The number of nitrogens with one attached hydrogen (secondary N) is 1. The third kappa shape index (κ3) is 6.16. The highest BCUT2D eigenvalue weighted by Gasteiger charge is 2.34. The Bertz CT molecular complexity index is 1010. The number of piperazine rings is 1. The van der Waals surface area contributed by atoms with Gasteiger partial charge in [-0.3, -0.25) is 19.8 Å². The quantitative estimate of drug-likeness (QED) is 0.460. The number of nitro groups is 1. The van der Waals surface area contributed by atoms with Crippen molar-refractivity contribution in [3.63, 3.8) is 0 Å². The van der Waals surface area contributed by atoms with Crippen LogP contribution in [0.5, 0.6) is 5.75 Å². The van der Waals surface area contributed by atoms with E-state index < -0.39 is 28.4 Å². The molecule has 1 saturated heterocycles. The molecule has 1 amide bonds. The van der Waals surface area contributed by atoms with Gasteiger partial charge >= 0.3 is 6.18 Å². The highest BCUT2D eigenvalue weighted by atomic mass is 19.4. The number of alkyl halides is 3. The largest absolute Gasteiger partial charge is 0.497 e. The van der Waals surface area contributed by atoms with E-state index >= 15 is 0 Å². The molecule has 0 aliphatic carbocycles. The van der Waals surface area contributed by atoms with Crippen LogP contribution < -0.4 is 15.0 Å². The van der Waals surface area contributed by atoms with Gasteiger partial charge in [0.1, 0.15) is 11.4 Å². The van der Waals surface area contributed by atoms with Crippen molar-refractivity contribution in [2.24, 2.45) is 0 Å². The second kappa shape index (κ2) is 10.7. The van der Waals surface area contributed by atoms with E-state index in [1.165, 1.54) is 0 Å². The average molecular weight is 480 g/mol. The molecule has 11 heteroatoms. The molecule has 1 N–H and O–H groups in total. The minimum atomic E-state index is -4.65. The smallest absolute Gasteiger partial charge is 0.416 e. The fourth-order valence-electron chi connectivity index (χ4n) is 3.90. The summed E-state index contributed by atoms with van der Waals surface area (Å²) in [5.74, 6) is 0.643. The number of carbonyl (C=O) groups excluding carboxylic acids is 1. The number of benzene rings is 2. The zero-order chi connectivity index (χ0) is 24.9. The van der Waals surface area contributed by atoms with E-state index in [4.69, 9.17) is 4.74 Å². The predicted octanol–water partition coefficient (Wildman–Crippen LogP) is 3.49. The van der Waals surface area contributed by atoms with Crippen molar-refractivity contribution in [2.45, 2.75) is 25.6 Å². The Morgan fingerprint density at radius 1 is 1.15 bits per heavy atom. The maximum Gasteiger partial charge on any atom is 0.416 e. The number of halogens is 3. The van der Waals surface area contributed by atoms with Crippen LogP contribution in [0.15, 0.2) is 42.5 Å². The molecule has 0 saturated carbocycles. The van der Waals surface area contributed by atoms with E-state index in [9.17, 15) is 28.1 Å². The number of anilines is 1. The Morgan fingerprint density at radius 2 is 1.79 bits per heavy atom. The van der Waals surface area contributed by atoms with Crippen molar-refractivity contribution in [1.82, 2.24) is 10.2 Å². The van der Waals surface area contributed by atoms with Gasteiger partial charge in [-0.2, -0.15) is 13.2 Å². The zero-order valence-electron chi connectivity index (χ0n) is 19.0. The summed E-state index contributed by atoms with van der Waals surface area (Å²) in [7, 11) is 1.60. The molecule has 1 heterocycles. The number of hydrogen-bond donors (Lipinski definition) is 1. The molecule has 184 valence electrons. The Hall–Kier alpha value is -3.34. The molecule has 0 bridgehead atoms. The first-order chi connectivity index (χ1) is 16.1. The van der Waals surface area contributed by atoms with Crippen molar-refractivity contribution in [2.75, 3.05) is 44.7 Å². The second-order valence-corrected chi connectivity index (χ2v) is 8.05. The molecule has 8 nitrogen and oxygen atoms in total. The number of amides is 1. The van der Waals surface area contributed by atoms with Crippen LogP contribution in [0.1, 0.15) is 18.1 Å².